The van der Waals surface area contributed by atoms with Crippen LogP contribution in [0.5, 0.6) is 0 Å². The molecular formula is C48H64N2O10. The van der Waals surface area contributed by atoms with E-state index in [2.05, 4.69) is 29.4 Å². The number of aliphatic hydroxyl groups excluding tert-OH is 2. The lowest BCUT2D eigenvalue weighted by Gasteiger charge is -2.70. The molecule has 326 valence electrons. The van der Waals surface area contributed by atoms with Gasteiger partial charge in [-0.3, -0.25) is 14.9 Å². The molecule has 3 spiro atoms. The van der Waals surface area contributed by atoms with Crippen LogP contribution in [0.15, 0.2) is 29.0 Å². The second kappa shape index (κ2) is 12.9. The van der Waals surface area contributed by atoms with Gasteiger partial charge in [0.2, 0.25) is 0 Å². The molecule has 0 aromatic carbocycles. The van der Waals surface area contributed by atoms with Crippen molar-refractivity contribution in [3.8, 4) is 0 Å². The zero-order valence-electron chi connectivity index (χ0n) is 35.6. The molecule has 0 amide bonds. The van der Waals surface area contributed by atoms with Crippen molar-refractivity contribution in [1.82, 2.24) is 10.2 Å². The Morgan fingerprint density at radius 2 is 1.77 bits per heavy atom. The highest BCUT2D eigenvalue weighted by atomic mass is 16.7. The van der Waals surface area contributed by atoms with Crippen LogP contribution in [0, 0.1) is 63.1 Å². The number of hydrogen-bond acceptors (Lipinski definition) is 12. The number of fused-ring (bicyclic) bond motifs is 5. The van der Waals surface area contributed by atoms with Crippen LogP contribution in [0.4, 0.5) is 0 Å². The largest absolute Gasteiger partial charge is 0.469 e. The number of rotatable bonds is 6. The molecule has 5 saturated carbocycles. The number of ketones is 1. The van der Waals surface area contributed by atoms with Gasteiger partial charge in [-0.2, -0.15) is 0 Å². The van der Waals surface area contributed by atoms with Gasteiger partial charge in [-0.1, -0.05) is 38.7 Å². The molecule has 3 N–H and O–H groups in total. The van der Waals surface area contributed by atoms with Gasteiger partial charge in [-0.15, -0.1) is 0 Å². The molecule has 0 radical (unpaired) electrons. The molecule has 1 aromatic heterocycles. The molecule has 6 aliphatic heterocycles. The van der Waals surface area contributed by atoms with E-state index in [0.29, 0.717) is 55.9 Å². The molecule has 12 heteroatoms. The van der Waals surface area contributed by atoms with Crippen LogP contribution in [0.25, 0.3) is 0 Å². The van der Waals surface area contributed by atoms with Crippen LogP contribution in [0.3, 0.4) is 0 Å². The number of epoxide rings is 1. The fraction of sp³-hybridized carbons (Fsp3) is 0.812. The number of nitrogens with one attached hydrogen (secondary N) is 1. The van der Waals surface area contributed by atoms with E-state index >= 15 is 4.79 Å². The van der Waals surface area contributed by atoms with Gasteiger partial charge in [0, 0.05) is 47.4 Å². The van der Waals surface area contributed by atoms with E-state index < -0.39 is 69.2 Å². The summed E-state index contributed by atoms with van der Waals surface area (Å²) < 4.78 is 33.4. The summed E-state index contributed by atoms with van der Waals surface area (Å²) in [6, 6.07) is 2.47. The fourth-order valence-corrected chi connectivity index (χ4v) is 17.7. The zero-order chi connectivity index (χ0) is 41.2. The molecule has 10 fully saturated rings. The number of esters is 2. The number of nitrogens with zero attached hydrogens (tertiary/aromatic N) is 1. The quantitative estimate of drug-likeness (QED) is 0.248. The highest BCUT2D eigenvalue weighted by Gasteiger charge is 2.93. The Labute approximate surface area is 352 Å². The topological polar surface area (TPSA) is 160 Å². The van der Waals surface area contributed by atoms with Crippen molar-refractivity contribution in [2.45, 2.75) is 152 Å². The molecule has 5 saturated heterocycles. The van der Waals surface area contributed by atoms with Crippen LogP contribution in [-0.4, -0.2) is 94.8 Å². The third kappa shape index (κ3) is 4.54. The molecule has 5 aliphatic carbocycles. The summed E-state index contributed by atoms with van der Waals surface area (Å²) in [7, 11) is 0. The van der Waals surface area contributed by atoms with Gasteiger partial charge in [0.25, 0.3) is 0 Å². The van der Waals surface area contributed by atoms with Gasteiger partial charge in [0.15, 0.2) is 11.9 Å². The number of aliphatic hydroxyl groups is 2. The number of furan rings is 1. The Balaban J connectivity index is 0.937. The van der Waals surface area contributed by atoms with Crippen molar-refractivity contribution in [3.63, 3.8) is 0 Å². The van der Waals surface area contributed by atoms with Gasteiger partial charge in [0.1, 0.15) is 30.2 Å². The third-order valence-corrected chi connectivity index (χ3v) is 19.8. The normalized spacial score (nSPS) is 48.6. The Bertz CT molecular complexity index is 2000. The standard InChI is InChI=1S/C48H64N2O10/c1-43(2)36-35(52)37(53)47(29-8-4-5-9-29)34(46(36)24-57-42(55)45(41(46)60-43)15-6-7-16-45)12-17-44(3)38(58-40(54)39-48(44,47)59-39)31-14-19-56-33(31)21-28(23-51)26-10-11-30-27(20-26)13-18-50-25-49-22-32(30)50/h13-14,18-19,26-30,32,34,36-39,41,49,51,53H,4-12,15-17,20-25H2,1-3H3. The lowest BCUT2D eigenvalue weighted by atomic mass is 9.32. The van der Waals surface area contributed by atoms with Gasteiger partial charge in [-0.05, 0) is 119 Å². The van der Waals surface area contributed by atoms with Crippen molar-refractivity contribution < 1.29 is 48.0 Å². The van der Waals surface area contributed by atoms with E-state index in [1.165, 1.54) is 0 Å². The van der Waals surface area contributed by atoms with Crippen LogP contribution >= 0.6 is 0 Å². The number of carbonyl (C=O) groups is 3. The number of ether oxygens (including phenoxy) is 4. The molecule has 15 atom stereocenters. The highest BCUT2D eigenvalue weighted by Crippen LogP contribution is 2.83. The predicted octanol–water partition coefficient (Wildman–Crippen LogP) is 5.39. The molecule has 12 nitrogen and oxygen atoms in total. The summed E-state index contributed by atoms with van der Waals surface area (Å²) in [6.45, 7) is 8.14. The molecule has 15 unspecified atom stereocenters. The lowest BCUT2D eigenvalue weighted by Crippen LogP contribution is -2.79. The van der Waals surface area contributed by atoms with Crippen LogP contribution in [0.2, 0.25) is 0 Å². The number of cyclic esters (lactones) is 2. The minimum absolute atomic E-state index is 0.0241. The maximum Gasteiger partial charge on any atom is 0.339 e. The number of Topliss-reactive ketones (excluding diaryl/α,β-unsaturated/α-hetero) is 1. The molecule has 1 aromatic rings. The summed E-state index contributed by atoms with van der Waals surface area (Å²) in [5.41, 5.74) is -5.02. The first-order valence-corrected chi connectivity index (χ1v) is 23.7. The first-order valence-electron chi connectivity index (χ1n) is 23.7. The van der Waals surface area contributed by atoms with Crippen molar-refractivity contribution in [1.29, 1.82) is 0 Å². The third-order valence-electron chi connectivity index (χ3n) is 19.8. The van der Waals surface area contributed by atoms with Crippen LogP contribution in [-0.2, 0) is 39.8 Å². The lowest BCUT2D eigenvalue weighted by molar-refractivity contribution is -0.282. The Morgan fingerprint density at radius 3 is 2.55 bits per heavy atom. The maximum absolute atomic E-state index is 15.5. The summed E-state index contributed by atoms with van der Waals surface area (Å²) in [6.07, 6.45) is 14.4. The zero-order valence-corrected chi connectivity index (χ0v) is 35.6. The minimum atomic E-state index is -1.39. The smallest absolute Gasteiger partial charge is 0.339 e. The van der Waals surface area contributed by atoms with Crippen LogP contribution < -0.4 is 5.32 Å². The fourth-order valence-electron chi connectivity index (χ4n) is 17.7. The molecule has 7 heterocycles. The van der Waals surface area contributed by atoms with Crippen molar-refractivity contribution in [3.05, 3.63) is 35.9 Å². The monoisotopic (exact) mass is 828 g/mol. The SMILES string of the molecule is CC1(C)OC2C3(CCCC3)C(=O)OCC23C1C(=O)C(O)C1(C2CCCC2)C3CCC2(C)C(c3ccoc3CC(CO)C3CCC4C(C=CN5CNCC45)C3)OC(=O)C3OC321. The summed E-state index contributed by atoms with van der Waals surface area (Å²) in [5, 5.41) is 27.7. The molecule has 0 bridgehead atoms. The van der Waals surface area contributed by atoms with Gasteiger partial charge in [0.05, 0.1) is 36.0 Å². The first kappa shape index (κ1) is 38.9. The Morgan fingerprint density at radius 1 is 0.967 bits per heavy atom. The highest BCUT2D eigenvalue weighted by molar-refractivity contribution is 5.93. The summed E-state index contributed by atoms with van der Waals surface area (Å²) >= 11 is 0. The second-order valence-corrected chi connectivity index (χ2v) is 22.2. The summed E-state index contributed by atoms with van der Waals surface area (Å²) in [4.78, 5) is 46.6. The molecular weight excluding hydrogens is 765 g/mol. The van der Waals surface area contributed by atoms with Crippen molar-refractivity contribution in [2.75, 3.05) is 26.4 Å². The Kier molecular flexibility index (Phi) is 8.37. The van der Waals surface area contributed by atoms with E-state index in [-0.39, 0.29) is 42.7 Å². The number of hydrogen-bond donors (Lipinski definition) is 3. The molecule has 12 rings (SSSR count). The van der Waals surface area contributed by atoms with Crippen LogP contribution in [0.1, 0.15) is 122 Å². The number of allylic oxidation sites excluding steroid dienone is 1. The van der Waals surface area contributed by atoms with Gasteiger partial charge in [-0.25, -0.2) is 4.79 Å². The average Bonchev–Trinajstić information content (AvgIpc) is 3.91. The van der Waals surface area contributed by atoms with Crippen molar-refractivity contribution in [2.24, 2.45) is 63.1 Å². The van der Waals surface area contributed by atoms with E-state index in [4.69, 9.17) is 23.4 Å². The van der Waals surface area contributed by atoms with E-state index in [9.17, 15) is 19.8 Å². The van der Waals surface area contributed by atoms with E-state index in [1.807, 2.05) is 19.9 Å². The average molecular weight is 829 g/mol. The molecule has 11 aliphatic rings. The second-order valence-electron chi connectivity index (χ2n) is 22.2. The van der Waals surface area contributed by atoms with Crippen molar-refractivity contribution >= 4 is 17.7 Å². The van der Waals surface area contributed by atoms with Gasteiger partial charge < -0.3 is 38.5 Å². The molecule has 60 heavy (non-hydrogen) atoms. The maximum atomic E-state index is 15.5. The minimum Gasteiger partial charge on any atom is -0.469 e. The first-order chi connectivity index (χ1) is 28.9. The predicted molar refractivity (Wildman–Crippen MR) is 214 cm³/mol. The summed E-state index contributed by atoms with van der Waals surface area (Å²) in [5.74, 6) is 0.120. The Hall–Kier alpha value is -2.77. The van der Waals surface area contributed by atoms with Gasteiger partial charge >= 0.3 is 11.9 Å². The number of carbonyl (C=O) groups excluding carboxylic acids is 3. The van der Waals surface area contributed by atoms with E-state index in [0.717, 1.165) is 82.3 Å². The van der Waals surface area contributed by atoms with E-state index in [1.54, 1.807) is 6.26 Å².